The van der Waals surface area contributed by atoms with E-state index in [1.54, 1.807) is 18.4 Å². The van der Waals surface area contributed by atoms with E-state index in [9.17, 15) is 0 Å². The molecule has 0 saturated heterocycles. The second kappa shape index (κ2) is 5.34. The Kier molecular flexibility index (Phi) is 3.39. The molecule has 0 aliphatic carbocycles. The third-order valence-corrected chi connectivity index (χ3v) is 2.96. The lowest BCUT2D eigenvalue weighted by molar-refractivity contribution is 0.348. The number of hydrogen-bond acceptors (Lipinski definition) is 6. The van der Waals surface area contributed by atoms with Crippen molar-refractivity contribution in [1.82, 2.24) is 15.5 Å². The molecule has 3 aromatic rings. The van der Waals surface area contributed by atoms with Crippen LogP contribution in [0, 0.1) is 6.92 Å². The molecular formula is C14H15N3O3. The Morgan fingerprint density at radius 1 is 1.30 bits per heavy atom. The van der Waals surface area contributed by atoms with Gasteiger partial charge in [0.25, 0.3) is 0 Å². The number of rotatable bonds is 5. The van der Waals surface area contributed by atoms with Gasteiger partial charge >= 0.3 is 0 Å². The van der Waals surface area contributed by atoms with E-state index in [0.717, 1.165) is 11.5 Å². The van der Waals surface area contributed by atoms with E-state index in [0.29, 0.717) is 24.0 Å². The molecule has 0 fully saturated rings. The molecule has 0 radical (unpaired) electrons. The lowest BCUT2D eigenvalue weighted by Crippen LogP contribution is -2.17. The monoisotopic (exact) mass is 273 g/mol. The standard InChI is InChI=1S/C14H15N3O3/c1-9-5-6-11(19-9)10(2)15-8-13-16-14(17-20-13)12-4-3-7-18-12/h3-7,10,15H,8H2,1-2H3. The van der Waals surface area contributed by atoms with Gasteiger partial charge in [-0.05, 0) is 38.1 Å². The van der Waals surface area contributed by atoms with Gasteiger partial charge in [-0.15, -0.1) is 0 Å². The molecule has 104 valence electrons. The number of furan rings is 2. The largest absolute Gasteiger partial charge is 0.465 e. The first kappa shape index (κ1) is 12.7. The van der Waals surface area contributed by atoms with Crippen molar-refractivity contribution in [2.24, 2.45) is 0 Å². The summed E-state index contributed by atoms with van der Waals surface area (Å²) < 4.78 is 15.9. The Hall–Kier alpha value is -2.34. The molecule has 0 aliphatic heterocycles. The first-order valence-corrected chi connectivity index (χ1v) is 6.38. The van der Waals surface area contributed by atoms with E-state index in [2.05, 4.69) is 15.5 Å². The summed E-state index contributed by atoms with van der Waals surface area (Å²) in [6.07, 6.45) is 1.57. The summed E-state index contributed by atoms with van der Waals surface area (Å²) in [4.78, 5) is 4.26. The summed E-state index contributed by atoms with van der Waals surface area (Å²) in [5.74, 6) is 3.33. The second-order valence-electron chi connectivity index (χ2n) is 4.54. The molecule has 6 nitrogen and oxygen atoms in total. The molecule has 1 unspecified atom stereocenters. The average molecular weight is 273 g/mol. The van der Waals surface area contributed by atoms with Crippen LogP contribution in [0.1, 0.15) is 30.4 Å². The van der Waals surface area contributed by atoms with E-state index in [4.69, 9.17) is 13.4 Å². The van der Waals surface area contributed by atoms with Crippen LogP contribution in [0.2, 0.25) is 0 Å². The maximum atomic E-state index is 5.55. The maximum absolute atomic E-state index is 5.55. The number of hydrogen-bond donors (Lipinski definition) is 1. The second-order valence-corrected chi connectivity index (χ2v) is 4.54. The predicted octanol–water partition coefficient (Wildman–Crippen LogP) is 3.08. The minimum atomic E-state index is 0.0719. The zero-order valence-corrected chi connectivity index (χ0v) is 11.3. The van der Waals surface area contributed by atoms with Gasteiger partial charge in [0, 0.05) is 0 Å². The Labute approximate surface area is 115 Å². The van der Waals surface area contributed by atoms with E-state index in [-0.39, 0.29) is 6.04 Å². The molecule has 1 N–H and O–H groups in total. The van der Waals surface area contributed by atoms with Crippen LogP contribution in [0.4, 0.5) is 0 Å². The van der Waals surface area contributed by atoms with Crippen molar-refractivity contribution in [3.63, 3.8) is 0 Å². The third-order valence-electron chi connectivity index (χ3n) is 2.96. The fraction of sp³-hybridized carbons (Fsp3) is 0.286. The highest BCUT2D eigenvalue weighted by atomic mass is 16.5. The highest BCUT2D eigenvalue weighted by molar-refractivity contribution is 5.44. The van der Waals surface area contributed by atoms with Crippen LogP contribution in [0.3, 0.4) is 0 Å². The van der Waals surface area contributed by atoms with Gasteiger partial charge in [0.1, 0.15) is 11.5 Å². The van der Waals surface area contributed by atoms with Crippen molar-refractivity contribution in [3.05, 3.63) is 47.9 Å². The van der Waals surface area contributed by atoms with Crippen molar-refractivity contribution in [2.45, 2.75) is 26.4 Å². The van der Waals surface area contributed by atoms with Gasteiger partial charge in [-0.25, -0.2) is 0 Å². The molecule has 3 aromatic heterocycles. The molecule has 0 aromatic carbocycles. The number of aromatic nitrogens is 2. The Morgan fingerprint density at radius 2 is 2.20 bits per heavy atom. The van der Waals surface area contributed by atoms with Crippen LogP contribution in [-0.4, -0.2) is 10.1 Å². The molecule has 0 spiro atoms. The summed E-state index contributed by atoms with van der Waals surface area (Å²) in [6, 6.07) is 7.54. The van der Waals surface area contributed by atoms with E-state index in [1.807, 2.05) is 26.0 Å². The van der Waals surface area contributed by atoms with Crippen molar-refractivity contribution >= 4 is 0 Å². The molecule has 3 heterocycles. The molecule has 1 atom stereocenters. The average Bonchev–Trinajstić information content (AvgIpc) is 3.16. The molecule has 0 aliphatic rings. The molecule has 3 rings (SSSR count). The van der Waals surface area contributed by atoms with Crippen molar-refractivity contribution in [2.75, 3.05) is 0 Å². The molecule has 0 saturated carbocycles. The summed E-state index contributed by atoms with van der Waals surface area (Å²) in [6.45, 7) is 4.40. The number of nitrogens with zero attached hydrogens (tertiary/aromatic N) is 2. The minimum absolute atomic E-state index is 0.0719. The SMILES string of the molecule is Cc1ccc(C(C)NCc2nc(-c3ccco3)no2)o1. The summed E-state index contributed by atoms with van der Waals surface area (Å²) >= 11 is 0. The Bertz CT molecular complexity index is 669. The molecule has 0 bridgehead atoms. The Morgan fingerprint density at radius 3 is 2.90 bits per heavy atom. The summed E-state index contributed by atoms with van der Waals surface area (Å²) in [7, 11) is 0. The van der Waals surface area contributed by atoms with Gasteiger partial charge in [0.2, 0.25) is 11.7 Å². The first-order chi connectivity index (χ1) is 9.72. The maximum Gasteiger partial charge on any atom is 0.241 e. The normalized spacial score (nSPS) is 12.7. The van der Waals surface area contributed by atoms with Crippen LogP contribution in [0.25, 0.3) is 11.6 Å². The van der Waals surface area contributed by atoms with Gasteiger partial charge in [0.05, 0.1) is 18.8 Å². The number of aryl methyl sites for hydroxylation is 1. The highest BCUT2D eigenvalue weighted by Crippen LogP contribution is 2.18. The van der Waals surface area contributed by atoms with Crippen molar-refractivity contribution in [1.29, 1.82) is 0 Å². The van der Waals surface area contributed by atoms with Crippen molar-refractivity contribution in [3.8, 4) is 11.6 Å². The van der Waals surface area contributed by atoms with Gasteiger partial charge in [-0.1, -0.05) is 5.16 Å². The first-order valence-electron chi connectivity index (χ1n) is 6.38. The fourth-order valence-corrected chi connectivity index (χ4v) is 1.86. The zero-order chi connectivity index (χ0) is 13.9. The highest BCUT2D eigenvalue weighted by Gasteiger charge is 2.13. The van der Waals surface area contributed by atoms with Crippen LogP contribution >= 0.6 is 0 Å². The summed E-state index contributed by atoms with van der Waals surface area (Å²) in [5.41, 5.74) is 0. The number of nitrogens with one attached hydrogen (secondary N) is 1. The topological polar surface area (TPSA) is 77.2 Å². The van der Waals surface area contributed by atoms with Gasteiger partial charge in [-0.3, -0.25) is 5.32 Å². The lowest BCUT2D eigenvalue weighted by Gasteiger charge is -2.08. The van der Waals surface area contributed by atoms with Gasteiger partial charge in [0.15, 0.2) is 5.76 Å². The molecule has 6 heteroatoms. The van der Waals surface area contributed by atoms with Gasteiger partial charge in [-0.2, -0.15) is 4.98 Å². The van der Waals surface area contributed by atoms with E-state index in [1.165, 1.54) is 0 Å². The summed E-state index contributed by atoms with van der Waals surface area (Å²) in [5, 5.41) is 7.14. The van der Waals surface area contributed by atoms with E-state index < -0.39 is 0 Å². The lowest BCUT2D eigenvalue weighted by atomic mass is 10.2. The molecule has 20 heavy (non-hydrogen) atoms. The minimum Gasteiger partial charge on any atom is -0.465 e. The zero-order valence-electron chi connectivity index (χ0n) is 11.3. The van der Waals surface area contributed by atoms with Gasteiger partial charge < -0.3 is 13.4 Å². The van der Waals surface area contributed by atoms with E-state index >= 15 is 0 Å². The fourth-order valence-electron chi connectivity index (χ4n) is 1.86. The van der Waals surface area contributed by atoms with Crippen LogP contribution < -0.4 is 5.32 Å². The molecule has 0 amide bonds. The van der Waals surface area contributed by atoms with Crippen LogP contribution in [0.15, 0.2) is 43.9 Å². The smallest absolute Gasteiger partial charge is 0.241 e. The van der Waals surface area contributed by atoms with Crippen LogP contribution in [-0.2, 0) is 6.54 Å². The quantitative estimate of drug-likeness (QED) is 0.769. The molecular weight excluding hydrogens is 258 g/mol. The predicted molar refractivity (Wildman–Crippen MR) is 70.7 cm³/mol. The van der Waals surface area contributed by atoms with Crippen molar-refractivity contribution < 1.29 is 13.4 Å². The Balaban J connectivity index is 1.61. The van der Waals surface area contributed by atoms with Crippen LogP contribution in [0.5, 0.6) is 0 Å². The third kappa shape index (κ3) is 2.65.